The van der Waals surface area contributed by atoms with Crippen molar-refractivity contribution in [2.45, 2.75) is 36.1 Å². The van der Waals surface area contributed by atoms with Gasteiger partial charge in [-0.25, -0.2) is 12.8 Å². The molecule has 38 heavy (non-hydrogen) atoms. The Morgan fingerprint density at radius 1 is 1.11 bits per heavy atom. The van der Waals surface area contributed by atoms with Gasteiger partial charge in [0.15, 0.2) is 5.60 Å². The van der Waals surface area contributed by atoms with E-state index < -0.39 is 33.7 Å². The van der Waals surface area contributed by atoms with E-state index in [-0.39, 0.29) is 30.1 Å². The maximum Gasteiger partial charge on any atom is 0.421 e. The number of anilines is 1. The molecule has 1 aliphatic heterocycles. The third kappa shape index (κ3) is 5.84. The summed E-state index contributed by atoms with van der Waals surface area (Å²) < 4.78 is 82.4. The van der Waals surface area contributed by atoms with E-state index in [1.807, 2.05) is 4.90 Å². The Morgan fingerprint density at radius 2 is 1.79 bits per heavy atom. The van der Waals surface area contributed by atoms with Crippen molar-refractivity contribution < 1.29 is 31.1 Å². The molecule has 1 saturated heterocycles. The van der Waals surface area contributed by atoms with Gasteiger partial charge in [-0.3, -0.25) is 0 Å². The van der Waals surface area contributed by atoms with Crippen LogP contribution in [0.1, 0.15) is 18.9 Å². The second-order valence-electron chi connectivity index (χ2n) is 9.15. The number of aliphatic hydroxyl groups is 1. The molecular weight excluding hydrogens is 560 g/mol. The molecule has 12 heteroatoms. The van der Waals surface area contributed by atoms with Crippen LogP contribution < -0.4 is 4.90 Å². The molecule has 1 N–H and O–H groups in total. The molecule has 1 fully saturated rings. The number of thiocarbonyl (C=S) groups is 1. The SMILES string of the molecule is CC(O)(c1ccc(N2CCN(S(=O)(=O)C3=CC=CCC3=S)C[C@@H]2CSc2ccccc2F)cc1)C(F)(F)F. The number of thioether (sulfide) groups is 1. The molecule has 0 aromatic heterocycles. The van der Waals surface area contributed by atoms with E-state index in [0.29, 0.717) is 34.5 Å². The number of allylic oxidation sites excluding steroid dienone is 4. The Bertz CT molecular complexity index is 1360. The minimum atomic E-state index is -4.85. The van der Waals surface area contributed by atoms with Crippen LogP contribution in [0.3, 0.4) is 0 Å². The zero-order chi connectivity index (χ0) is 27.7. The topological polar surface area (TPSA) is 60.9 Å². The summed E-state index contributed by atoms with van der Waals surface area (Å²) in [7, 11) is -3.87. The van der Waals surface area contributed by atoms with Crippen molar-refractivity contribution in [2.75, 3.05) is 30.3 Å². The van der Waals surface area contributed by atoms with Crippen molar-refractivity contribution >= 4 is 44.6 Å². The highest BCUT2D eigenvalue weighted by Gasteiger charge is 2.51. The van der Waals surface area contributed by atoms with Gasteiger partial charge in [-0.05, 0) is 42.8 Å². The number of halogens is 4. The van der Waals surface area contributed by atoms with Crippen LogP contribution in [0.4, 0.5) is 23.2 Å². The van der Waals surface area contributed by atoms with Crippen molar-refractivity contribution in [3.05, 3.63) is 83.0 Å². The van der Waals surface area contributed by atoms with Crippen molar-refractivity contribution in [1.82, 2.24) is 4.31 Å². The van der Waals surface area contributed by atoms with E-state index in [1.54, 1.807) is 30.4 Å². The van der Waals surface area contributed by atoms with Crippen molar-refractivity contribution in [3.8, 4) is 0 Å². The Kier molecular flexibility index (Phi) is 8.39. The van der Waals surface area contributed by atoms with E-state index in [2.05, 4.69) is 0 Å². The molecule has 0 amide bonds. The van der Waals surface area contributed by atoms with Gasteiger partial charge in [-0.15, -0.1) is 11.8 Å². The van der Waals surface area contributed by atoms with Gasteiger partial charge in [0.1, 0.15) is 5.82 Å². The largest absolute Gasteiger partial charge is 0.421 e. The van der Waals surface area contributed by atoms with E-state index in [0.717, 1.165) is 0 Å². The van der Waals surface area contributed by atoms with Gasteiger partial charge >= 0.3 is 6.18 Å². The van der Waals surface area contributed by atoms with Gasteiger partial charge in [-0.2, -0.15) is 17.5 Å². The molecule has 2 aliphatic rings. The predicted molar refractivity (Wildman–Crippen MR) is 145 cm³/mol. The highest BCUT2D eigenvalue weighted by molar-refractivity contribution is 7.99. The first kappa shape index (κ1) is 28.8. The lowest BCUT2D eigenvalue weighted by Gasteiger charge is -2.42. The van der Waals surface area contributed by atoms with E-state index >= 15 is 0 Å². The predicted octanol–water partition coefficient (Wildman–Crippen LogP) is 5.42. The van der Waals surface area contributed by atoms with Crippen LogP contribution in [0.2, 0.25) is 0 Å². The van der Waals surface area contributed by atoms with E-state index in [4.69, 9.17) is 12.2 Å². The lowest BCUT2D eigenvalue weighted by Crippen LogP contribution is -2.56. The zero-order valence-electron chi connectivity index (χ0n) is 20.4. The van der Waals surface area contributed by atoms with Gasteiger partial charge in [-0.1, -0.05) is 48.6 Å². The normalized spacial score (nSPS) is 20.8. The summed E-state index contributed by atoms with van der Waals surface area (Å²) in [5, 5.41) is 10.0. The number of piperazine rings is 1. The molecule has 0 saturated carbocycles. The van der Waals surface area contributed by atoms with Crippen LogP contribution in [0.25, 0.3) is 0 Å². The van der Waals surface area contributed by atoms with Gasteiger partial charge < -0.3 is 10.0 Å². The van der Waals surface area contributed by atoms with Crippen LogP contribution in [0.15, 0.2) is 76.6 Å². The Hall–Kier alpha value is -2.25. The number of hydrogen-bond donors (Lipinski definition) is 1. The average molecular weight is 587 g/mol. The van der Waals surface area contributed by atoms with Gasteiger partial charge in [0.2, 0.25) is 10.0 Å². The summed E-state index contributed by atoms with van der Waals surface area (Å²) in [4.78, 5) is 2.73. The monoisotopic (exact) mass is 586 g/mol. The number of hydrogen-bond acceptors (Lipinski definition) is 6. The van der Waals surface area contributed by atoms with Crippen molar-refractivity contribution in [3.63, 3.8) is 0 Å². The molecule has 204 valence electrons. The summed E-state index contributed by atoms with van der Waals surface area (Å²) >= 11 is 6.52. The highest BCUT2D eigenvalue weighted by atomic mass is 32.2. The second-order valence-corrected chi connectivity index (χ2v) is 12.6. The second kappa shape index (κ2) is 11.1. The molecule has 2 atom stereocenters. The summed E-state index contributed by atoms with van der Waals surface area (Å²) in [5.41, 5.74) is -2.75. The molecule has 2 aromatic carbocycles. The van der Waals surface area contributed by atoms with Crippen LogP contribution >= 0.6 is 24.0 Å². The first-order valence-corrected chi connectivity index (χ1v) is 14.6. The molecule has 2 aromatic rings. The smallest absolute Gasteiger partial charge is 0.376 e. The molecule has 0 radical (unpaired) electrons. The van der Waals surface area contributed by atoms with E-state index in [9.17, 15) is 31.1 Å². The lowest BCUT2D eigenvalue weighted by atomic mass is 9.95. The Morgan fingerprint density at radius 3 is 2.42 bits per heavy atom. The molecular formula is C26H26F4N2O3S3. The van der Waals surface area contributed by atoms with Crippen LogP contribution in [0, 0.1) is 5.82 Å². The van der Waals surface area contributed by atoms with Crippen molar-refractivity contribution in [1.29, 1.82) is 0 Å². The fourth-order valence-electron chi connectivity index (χ4n) is 4.31. The average Bonchev–Trinajstić information content (AvgIpc) is 2.87. The number of nitrogens with zero attached hydrogens (tertiary/aromatic N) is 2. The summed E-state index contributed by atoms with van der Waals surface area (Å²) in [6.07, 6.45) is 0.439. The quantitative estimate of drug-likeness (QED) is 0.266. The van der Waals surface area contributed by atoms with Gasteiger partial charge in [0, 0.05) is 47.3 Å². The minimum absolute atomic E-state index is 0.0788. The number of alkyl halides is 3. The van der Waals surface area contributed by atoms with Crippen LogP contribution in [0.5, 0.6) is 0 Å². The van der Waals surface area contributed by atoms with Crippen molar-refractivity contribution in [2.24, 2.45) is 0 Å². The summed E-state index contributed by atoms with van der Waals surface area (Å²) in [6, 6.07) is 11.2. The lowest BCUT2D eigenvalue weighted by molar-refractivity contribution is -0.258. The first-order chi connectivity index (χ1) is 17.8. The number of rotatable bonds is 7. The molecule has 0 bridgehead atoms. The highest BCUT2D eigenvalue weighted by Crippen LogP contribution is 2.39. The number of sulfonamides is 1. The molecule has 1 heterocycles. The minimum Gasteiger partial charge on any atom is -0.376 e. The summed E-state index contributed by atoms with van der Waals surface area (Å²) in [5.74, 6) is -0.0779. The van der Waals surface area contributed by atoms with Crippen LogP contribution in [-0.4, -0.2) is 60.3 Å². The first-order valence-electron chi connectivity index (χ1n) is 11.8. The zero-order valence-corrected chi connectivity index (χ0v) is 22.8. The van der Waals surface area contributed by atoms with Gasteiger partial charge in [0.25, 0.3) is 0 Å². The Balaban J connectivity index is 1.61. The maximum absolute atomic E-state index is 14.3. The Labute approximate surface area is 228 Å². The summed E-state index contributed by atoms with van der Waals surface area (Å²) in [6.45, 7) is 1.16. The van der Waals surface area contributed by atoms with E-state index in [1.165, 1.54) is 52.5 Å². The van der Waals surface area contributed by atoms with Crippen LogP contribution in [-0.2, 0) is 15.6 Å². The third-order valence-electron chi connectivity index (χ3n) is 6.61. The fraction of sp³-hybridized carbons (Fsp3) is 0.346. The maximum atomic E-state index is 14.3. The molecule has 5 nitrogen and oxygen atoms in total. The molecule has 1 aliphatic carbocycles. The molecule has 4 rings (SSSR count). The number of benzene rings is 2. The molecule has 1 unspecified atom stereocenters. The third-order valence-corrected chi connectivity index (χ3v) is 10.3. The standard InChI is InChI=1S/C26H26F4N2O3S3/c1-25(33,26(28,29)30)18-10-12-19(13-11-18)32-15-14-31(38(34,35)24-9-5-3-7-22(24)36)16-20(32)17-37-23-8-4-2-6-21(23)27/h2-6,8-13,20,33H,7,14-17H2,1H3/t20-,25?/m1/s1. The molecule has 0 spiro atoms. The fourth-order valence-corrected chi connectivity index (χ4v) is 7.42. The van der Waals surface area contributed by atoms with Gasteiger partial charge in [0.05, 0.1) is 10.9 Å².